The number of aromatic amines is 1. The Hall–Kier alpha value is -1.58. The average Bonchev–Trinajstić information content (AvgIpc) is 2.62. The number of esters is 1. The van der Waals surface area contributed by atoms with Gasteiger partial charge in [-0.2, -0.15) is 0 Å². The first kappa shape index (κ1) is 11.5. The number of hydrogen-bond donors (Lipinski definition) is 1. The molecule has 82 valence electrons. The summed E-state index contributed by atoms with van der Waals surface area (Å²) in [6, 6.07) is 1.72. The second kappa shape index (κ2) is 5.34. The van der Waals surface area contributed by atoms with Gasteiger partial charge >= 0.3 is 5.97 Å². The van der Waals surface area contributed by atoms with E-state index in [1.54, 1.807) is 19.2 Å². The molecule has 0 aromatic carbocycles. The van der Waals surface area contributed by atoms with Gasteiger partial charge in [0.2, 0.25) is 0 Å². The van der Waals surface area contributed by atoms with E-state index in [9.17, 15) is 4.79 Å². The van der Waals surface area contributed by atoms with Crippen LogP contribution in [-0.4, -0.2) is 23.8 Å². The Labute approximate surface area is 89.4 Å². The number of hydrogen-bond acceptors (Lipinski definition) is 3. The Morgan fingerprint density at radius 1 is 1.60 bits per heavy atom. The predicted octanol–water partition coefficient (Wildman–Crippen LogP) is 2.48. The molecule has 0 fully saturated rings. The minimum Gasteiger partial charge on any atom is -0.461 e. The van der Waals surface area contributed by atoms with Gasteiger partial charge in [-0.1, -0.05) is 6.92 Å². The van der Waals surface area contributed by atoms with Crippen LogP contribution in [0.5, 0.6) is 0 Å². The van der Waals surface area contributed by atoms with Crippen molar-refractivity contribution >= 4 is 17.9 Å². The van der Waals surface area contributed by atoms with Crippen molar-refractivity contribution in [2.75, 3.05) is 6.61 Å². The summed E-state index contributed by atoms with van der Waals surface area (Å²) < 4.78 is 4.90. The van der Waals surface area contributed by atoms with E-state index in [4.69, 9.17) is 4.74 Å². The molecule has 0 bridgehead atoms. The van der Waals surface area contributed by atoms with E-state index in [1.807, 2.05) is 13.8 Å². The average molecular weight is 208 g/mol. The summed E-state index contributed by atoms with van der Waals surface area (Å²) in [6.07, 6.45) is 2.52. The molecule has 1 rings (SSSR count). The van der Waals surface area contributed by atoms with E-state index in [-0.39, 0.29) is 5.97 Å². The van der Waals surface area contributed by atoms with Gasteiger partial charge in [-0.25, -0.2) is 4.79 Å². The lowest BCUT2D eigenvalue weighted by Crippen LogP contribution is -2.04. The van der Waals surface area contributed by atoms with Crippen molar-refractivity contribution < 1.29 is 9.53 Å². The fourth-order valence-electron chi connectivity index (χ4n) is 1.33. The number of carbonyl (C=O) groups is 1. The molecule has 0 atom stereocenters. The van der Waals surface area contributed by atoms with Crippen molar-refractivity contribution in [2.24, 2.45) is 4.99 Å². The van der Waals surface area contributed by atoms with Crippen LogP contribution in [0.4, 0.5) is 5.69 Å². The highest BCUT2D eigenvalue weighted by molar-refractivity contribution is 5.89. The number of carbonyl (C=O) groups excluding carboxylic acids is 1. The molecular formula is C11H16N2O2. The summed E-state index contributed by atoms with van der Waals surface area (Å²) in [5.41, 5.74) is 2.23. The van der Waals surface area contributed by atoms with Crippen molar-refractivity contribution in [3.63, 3.8) is 0 Å². The molecule has 4 heteroatoms. The maximum atomic E-state index is 11.4. The van der Waals surface area contributed by atoms with Gasteiger partial charge in [0, 0.05) is 11.9 Å². The Morgan fingerprint density at radius 3 is 2.87 bits per heavy atom. The van der Waals surface area contributed by atoms with Crippen LogP contribution in [0.3, 0.4) is 0 Å². The Kier molecular flexibility index (Phi) is 4.09. The number of H-pyrrole nitrogens is 1. The second-order valence-electron chi connectivity index (χ2n) is 3.01. The van der Waals surface area contributed by atoms with Crippen molar-refractivity contribution in [1.82, 2.24) is 4.98 Å². The van der Waals surface area contributed by atoms with E-state index in [0.29, 0.717) is 12.3 Å². The summed E-state index contributed by atoms with van der Waals surface area (Å²) in [5.74, 6) is -0.329. The van der Waals surface area contributed by atoms with Crippen LogP contribution >= 0.6 is 0 Å². The standard InChI is InChI=1S/C11H16N2O2/c1-4-8-9(12-5-2)7-10(13-8)11(14)15-6-3/h5,7,13H,4,6H2,1-3H3. The van der Waals surface area contributed by atoms with Crippen LogP contribution in [-0.2, 0) is 11.2 Å². The van der Waals surface area contributed by atoms with E-state index in [1.165, 1.54) is 0 Å². The Balaban J connectivity index is 2.96. The number of aliphatic imine (C=N–C) groups is 1. The summed E-state index contributed by atoms with van der Waals surface area (Å²) in [5, 5.41) is 0. The third-order valence-corrected chi connectivity index (χ3v) is 1.99. The number of rotatable bonds is 4. The fraction of sp³-hybridized carbons (Fsp3) is 0.455. The minimum atomic E-state index is -0.329. The van der Waals surface area contributed by atoms with Gasteiger partial charge in [0.1, 0.15) is 5.69 Å². The van der Waals surface area contributed by atoms with Gasteiger partial charge in [0.05, 0.1) is 12.3 Å². The summed E-state index contributed by atoms with van der Waals surface area (Å²) in [6.45, 7) is 6.02. The Bertz CT molecular complexity index is 367. The van der Waals surface area contributed by atoms with Crippen LogP contribution < -0.4 is 0 Å². The fourth-order valence-corrected chi connectivity index (χ4v) is 1.33. The summed E-state index contributed by atoms with van der Waals surface area (Å²) >= 11 is 0. The number of nitrogens with one attached hydrogen (secondary N) is 1. The first-order valence-corrected chi connectivity index (χ1v) is 5.10. The molecule has 1 heterocycles. The van der Waals surface area contributed by atoms with Crippen LogP contribution in [0.25, 0.3) is 0 Å². The van der Waals surface area contributed by atoms with E-state index in [0.717, 1.165) is 17.8 Å². The monoisotopic (exact) mass is 208 g/mol. The molecule has 0 unspecified atom stereocenters. The van der Waals surface area contributed by atoms with E-state index in [2.05, 4.69) is 9.98 Å². The summed E-state index contributed by atoms with van der Waals surface area (Å²) in [7, 11) is 0. The highest BCUT2D eigenvalue weighted by atomic mass is 16.5. The smallest absolute Gasteiger partial charge is 0.354 e. The van der Waals surface area contributed by atoms with Gasteiger partial charge in [0.15, 0.2) is 0 Å². The molecule has 15 heavy (non-hydrogen) atoms. The molecule has 0 saturated carbocycles. The van der Waals surface area contributed by atoms with Gasteiger partial charge in [-0.3, -0.25) is 4.99 Å². The summed E-state index contributed by atoms with van der Waals surface area (Å²) in [4.78, 5) is 18.6. The molecule has 0 aliphatic rings. The van der Waals surface area contributed by atoms with E-state index < -0.39 is 0 Å². The zero-order valence-corrected chi connectivity index (χ0v) is 9.33. The molecule has 0 aliphatic carbocycles. The first-order chi connectivity index (χ1) is 7.22. The number of ether oxygens (including phenoxy) is 1. The third kappa shape index (κ3) is 2.68. The first-order valence-electron chi connectivity index (χ1n) is 5.10. The minimum absolute atomic E-state index is 0.329. The maximum absolute atomic E-state index is 11.4. The zero-order chi connectivity index (χ0) is 11.3. The third-order valence-electron chi connectivity index (χ3n) is 1.99. The molecular weight excluding hydrogens is 192 g/mol. The molecule has 4 nitrogen and oxygen atoms in total. The van der Waals surface area contributed by atoms with Crippen LogP contribution in [0.15, 0.2) is 11.1 Å². The van der Waals surface area contributed by atoms with Crippen LogP contribution in [0, 0.1) is 0 Å². The lowest BCUT2D eigenvalue weighted by Gasteiger charge is -1.97. The topological polar surface area (TPSA) is 54.4 Å². The molecule has 0 radical (unpaired) electrons. The predicted molar refractivity (Wildman–Crippen MR) is 60.0 cm³/mol. The lowest BCUT2D eigenvalue weighted by atomic mass is 10.3. The molecule has 0 aliphatic heterocycles. The van der Waals surface area contributed by atoms with Gasteiger partial charge in [-0.05, 0) is 26.3 Å². The molecule has 1 N–H and O–H groups in total. The SMILES string of the molecule is CC=Nc1cc(C(=O)OCC)[nH]c1CC. The molecule has 0 spiro atoms. The van der Waals surface area contributed by atoms with Crippen molar-refractivity contribution in [3.05, 3.63) is 17.5 Å². The zero-order valence-electron chi connectivity index (χ0n) is 9.33. The lowest BCUT2D eigenvalue weighted by molar-refractivity contribution is 0.0520. The highest BCUT2D eigenvalue weighted by Crippen LogP contribution is 2.21. The number of aromatic nitrogens is 1. The van der Waals surface area contributed by atoms with Gasteiger partial charge in [0.25, 0.3) is 0 Å². The molecule has 0 amide bonds. The van der Waals surface area contributed by atoms with Crippen molar-refractivity contribution in [1.29, 1.82) is 0 Å². The molecule has 0 saturated heterocycles. The van der Waals surface area contributed by atoms with E-state index >= 15 is 0 Å². The van der Waals surface area contributed by atoms with Crippen molar-refractivity contribution in [2.45, 2.75) is 27.2 Å². The number of nitrogens with zero attached hydrogens (tertiary/aromatic N) is 1. The van der Waals surface area contributed by atoms with Gasteiger partial charge < -0.3 is 9.72 Å². The Morgan fingerprint density at radius 2 is 2.33 bits per heavy atom. The molecule has 1 aromatic heterocycles. The van der Waals surface area contributed by atoms with Crippen LogP contribution in [0.2, 0.25) is 0 Å². The quantitative estimate of drug-likeness (QED) is 0.610. The molecule has 1 aromatic rings. The van der Waals surface area contributed by atoms with Crippen LogP contribution in [0.1, 0.15) is 37.0 Å². The number of aryl methyl sites for hydroxylation is 1. The van der Waals surface area contributed by atoms with Crippen molar-refractivity contribution in [3.8, 4) is 0 Å². The second-order valence-corrected chi connectivity index (χ2v) is 3.01. The normalized spacial score (nSPS) is 10.9. The maximum Gasteiger partial charge on any atom is 0.354 e. The highest BCUT2D eigenvalue weighted by Gasteiger charge is 2.12. The largest absolute Gasteiger partial charge is 0.461 e. The van der Waals surface area contributed by atoms with Gasteiger partial charge in [-0.15, -0.1) is 0 Å².